The molecule has 6 heteroatoms. The largest absolute Gasteiger partial charge is 0.459 e. The average molecular weight is 303 g/mol. The molecule has 2 aromatic rings. The van der Waals surface area contributed by atoms with Gasteiger partial charge in [0, 0.05) is 0 Å². The summed E-state index contributed by atoms with van der Waals surface area (Å²) in [6.45, 7) is 6.45. The van der Waals surface area contributed by atoms with E-state index in [0.717, 1.165) is 36.8 Å². The predicted molar refractivity (Wildman–Crippen MR) is 85.8 cm³/mol. The molecule has 0 unspecified atom stereocenters. The van der Waals surface area contributed by atoms with Crippen LogP contribution in [0.15, 0.2) is 6.20 Å². The zero-order valence-corrected chi connectivity index (χ0v) is 13.6. The number of anilines is 1. The van der Waals surface area contributed by atoms with Crippen molar-refractivity contribution in [3.63, 3.8) is 0 Å². The molecule has 120 valence electrons. The topological polar surface area (TPSA) is 78.3 Å². The fraction of sp³-hybridized carbons (Fsp3) is 0.688. The van der Waals surface area contributed by atoms with E-state index in [2.05, 4.69) is 28.9 Å². The zero-order valence-electron chi connectivity index (χ0n) is 13.6. The summed E-state index contributed by atoms with van der Waals surface area (Å²) in [6, 6.07) is 0.340. The molecule has 1 atom stereocenters. The van der Waals surface area contributed by atoms with Gasteiger partial charge in [-0.3, -0.25) is 0 Å². The summed E-state index contributed by atoms with van der Waals surface area (Å²) < 4.78 is 7.58. The van der Waals surface area contributed by atoms with E-state index >= 15 is 0 Å². The molecular formula is C16H25N5O. The van der Waals surface area contributed by atoms with Crippen molar-refractivity contribution >= 4 is 11.5 Å². The smallest absolute Gasteiger partial charge is 0.336 e. The maximum atomic E-state index is 6.00. The molecule has 6 nitrogen and oxygen atoms in total. The van der Waals surface area contributed by atoms with E-state index in [1.165, 1.54) is 12.8 Å². The molecule has 22 heavy (non-hydrogen) atoms. The zero-order chi connectivity index (χ0) is 15.7. The van der Waals surface area contributed by atoms with Crippen molar-refractivity contribution in [3.05, 3.63) is 11.9 Å². The Morgan fingerprint density at radius 3 is 2.91 bits per heavy atom. The molecule has 0 amide bonds. The third-order valence-corrected chi connectivity index (χ3v) is 4.41. The number of imidazole rings is 1. The van der Waals surface area contributed by atoms with Gasteiger partial charge in [0.1, 0.15) is 0 Å². The molecule has 1 fully saturated rings. The number of nitrogen functional groups attached to an aromatic ring is 1. The van der Waals surface area contributed by atoms with E-state index in [0.29, 0.717) is 17.5 Å². The van der Waals surface area contributed by atoms with Crippen LogP contribution in [-0.4, -0.2) is 25.7 Å². The van der Waals surface area contributed by atoms with Gasteiger partial charge in [-0.05, 0) is 44.4 Å². The van der Waals surface area contributed by atoms with Crippen LogP contribution in [0.4, 0.5) is 5.82 Å². The summed E-state index contributed by atoms with van der Waals surface area (Å²) in [5.41, 5.74) is 7.72. The van der Waals surface area contributed by atoms with E-state index in [4.69, 9.17) is 10.5 Å². The van der Waals surface area contributed by atoms with Crippen LogP contribution in [0, 0.1) is 11.8 Å². The van der Waals surface area contributed by atoms with Gasteiger partial charge in [0.15, 0.2) is 11.5 Å². The summed E-state index contributed by atoms with van der Waals surface area (Å²) in [5.74, 6) is 1.95. The highest BCUT2D eigenvalue weighted by molar-refractivity contribution is 5.59. The molecule has 0 aliphatic heterocycles. The quantitative estimate of drug-likeness (QED) is 0.887. The number of hydrogen-bond donors (Lipinski definition) is 1. The molecule has 3 rings (SSSR count). The number of rotatable bonds is 6. The molecule has 0 radical (unpaired) electrons. The van der Waals surface area contributed by atoms with Crippen molar-refractivity contribution in [2.24, 2.45) is 11.8 Å². The molecule has 2 N–H and O–H groups in total. The molecule has 1 aliphatic rings. The summed E-state index contributed by atoms with van der Waals surface area (Å²) in [7, 11) is 0. The molecule has 0 bridgehead atoms. The van der Waals surface area contributed by atoms with Crippen LogP contribution >= 0.6 is 0 Å². The van der Waals surface area contributed by atoms with Crippen LogP contribution in [0.25, 0.3) is 5.65 Å². The third kappa shape index (κ3) is 3.00. The highest BCUT2D eigenvalue weighted by atomic mass is 16.5. The van der Waals surface area contributed by atoms with E-state index in [1.54, 1.807) is 4.52 Å². The van der Waals surface area contributed by atoms with Crippen molar-refractivity contribution in [1.82, 2.24) is 19.6 Å². The standard InChI is InChI=1S/C16H25N5O/c1-4-5-11(3)22-16-19-14(17)15-18-9-13(21(15)20-16)8-12-6-10(2)7-12/h9-12H,4-8H2,1-3H3,(H2,17,19,20)/t10?,11-,12?/m0/s1. The average Bonchev–Trinajstić information content (AvgIpc) is 2.81. The van der Waals surface area contributed by atoms with Crippen molar-refractivity contribution in [2.75, 3.05) is 5.73 Å². The maximum absolute atomic E-state index is 6.00. The molecule has 0 spiro atoms. The van der Waals surface area contributed by atoms with Crippen LogP contribution in [0.3, 0.4) is 0 Å². The first kappa shape index (κ1) is 15.1. The molecule has 0 saturated heterocycles. The normalized spacial score (nSPS) is 22.5. The first-order chi connectivity index (χ1) is 10.6. The van der Waals surface area contributed by atoms with Crippen LogP contribution < -0.4 is 10.5 Å². The highest BCUT2D eigenvalue weighted by Crippen LogP contribution is 2.35. The SMILES string of the molecule is CCC[C@H](C)Oc1nc(N)c2ncc(CC3CC(C)C3)n2n1. The number of hydrogen-bond acceptors (Lipinski definition) is 5. The number of fused-ring (bicyclic) bond motifs is 1. The van der Waals surface area contributed by atoms with Gasteiger partial charge in [-0.1, -0.05) is 20.3 Å². The third-order valence-electron chi connectivity index (χ3n) is 4.41. The molecule has 1 saturated carbocycles. The Morgan fingerprint density at radius 1 is 1.45 bits per heavy atom. The second kappa shape index (κ2) is 6.10. The monoisotopic (exact) mass is 303 g/mol. The van der Waals surface area contributed by atoms with Crippen LogP contribution in [0.1, 0.15) is 52.1 Å². The Bertz CT molecular complexity index is 647. The van der Waals surface area contributed by atoms with Crippen LogP contribution in [-0.2, 0) is 6.42 Å². The van der Waals surface area contributed by atoms with Crippen molar-refractivity contribution in [1.29, 1.82) is 0 Å². The predicted octanol–water partition coefficient (Wildman–Crippen LogP) is 2.86. The minimum atomic E-state index is 0.0845. The lowest BCUT2D eigenvalue weighted by Gasteiger charge is -2.32. The fourth-order valence-corrected chi connectivity index (χ4v) is 3.29. The van der Waals surface area contributed by atoms with Crippen molar-refractivity contribution in [2.45, 2.75) is 59.0 Å². The lowest BCUT2D eigenvalue weighted by atomic mass is 9.74. The van der Waals surface area contributed by atoms with Gasteiger partial charge in [-0.15, -0.1) is 5.10 Å². The summed E-state index contributed by atoms with van der Waals surface area (Å²) in [6.07, 6.45) is 7.54. The Kier molecular flexibility index (Phi) is 4.18. The number of aromatic nitrogens is 4. The van der Waals surface area contributed by atoms with Gasteiger partial charge in [0.05, 0.1) is 18.0 Å². The fourth-order valence-electron chi connectivity index (χ4n) is 3.29. The van der Waals surface area contributed by atoms with E-state index in [9.17, 15) is 0 Å². The number of nitrogens with two attached hydrogens (primary N) is 1. The minimum absolute atomic E-state index is 0.0845. The molecule has 2 aromatic heterocycles. The lowest BCUT2D eigenvalue weighted by Crippen LogP contribution is -2.23. The highest BCUT2D eigenvalue weighted by Gasteiger charge is 2.27. The second-order valence-corrected chi connectivity index (χ2v) is 6.63. The Hall–Kier alpha value is -1.85. The minimum Gasteiger partial charge on any atom is -0.459 e. The lowest BCUT2D eigenvalue weighted by molar-refractivity contribution is 0.188. The Balaban J connectivity index is 1.83. The maximum Gasteiger partial charge on any atom is 0.336 e. The van der Waals surface area contributed by atoms with Gasteiger partial charge in [-0.25, -0.2) is 9.50 Å². The van der Waals surface area contributed by atoms with Crippen LogP contribution in [0.2, 0.25) is 0 Å². The second-order valence-electron chi connectivity index (χ2n) is 6.63. The Morgan fingerprint density at radius 2 is 2.23 bits per heavy atom. The number of nitrogens with zero attached hydrogens (tertiary/aromatic N) is 4. The van der Waals surface area contributed by atoms with E-state index < -0.39 is 0 Å². The first-order valence-electron chi connectivity index (χ1n) is 8.23. The van der Waals surface area contributed by atoms with Gasteiger partial charge in [0.25, 0.3) is 0 Å². The van der Waals surface area contributed by atoms with Gasteiger partial charge >= 0.3 is 6.01 Å². The molecule has 0 aromatic carbocycles. The molecule has 1 aliphatic carbocycles. The first-order valence-corrected chi connectivity index (χ1v) is 8.23. The van der Waals surface area contributed by atoms with E-state index in [1.807, 2.05) is 13.1 Å². The van der Waals surface area contributed by atoms with Crippen molar-refractivity contribution < 1.29 is 4.74 Å². The van der Waals surface area contributed by atoms with Gasteiger partial charge in [-0.2, -0.15) is 4.98 Å². The van der Waals surface area contributed by atoms with E-state index in [-0.39, 0.29) is 6.10 Å². The molecular weight excluding hydrogens is 278 g/mol. The Labute approximate surface area is 131 Å². The van der Waals surface area contributed by atoms with Gasteiger partial charge < -0.3 is 10.5 Å². The summed E-state index contributed by atoms with van der Waals surface area (Å²) in [5, 5.41) is 4.49. The summed E-state index contributed by atoms with van der Waals surface area (Å²) in [4.78, 5) is 8.59. The van der Waals surface area contributed by atoms with Crippen molar-refractivity contribution in [3.8, 4) is 6.01 Å². The number of ether oxygens (including phenoxy) is 1. The summed E-state index contributed by atoms with van der Waals surface area (Å²) >= 11 is 0. The molecule has 2 heterocycles. The van der Waals surface area contributed by atoms with Gasteiger partial charge in [0.2, 0.25) is 0 Å². The van der Waals surface area contributed by atoms with Crippen LogP contribution in [0.5, 0.6) is 6.01 Å².